The summed E-state index contributed by atoms with van der Waals surface area (Å²) in [5.41, 5.74) is 3.08. The number of methoxy groups -OCH3 is 1. The third kappa shape index (κ3) is 2.93. The van der Waals surface area contributed by atoms with Gasteiger partial charge in [-0.25, -0.2) is 5.43 Å². The van der Waals surface area contributed by atoms with Gasteiger partial charge in [0, 0.05) is 18.1 Å². The van der Waals surface area contributed by atoms with Gasteiger partial charge in [-0.15, -0.1) is 0 Å². The summed E-state index contributed by atoms with van der Waals surface area (Å²) >= 11 is 0. The normalized spacial score (nSPS) is 25.1. The fraction of sp³-hybridized carbons (Fsp3) is 0.529. The highest BCUT2D eigenvalue weighted by Crippen LogP contribution is 2.37. The van der Waals surface area contributed by atoms with Crippen LogP contribution in [-0.2, 0) is 10.2 Å². The number of hydrogen-bond donors (Lipinski definition) is 1. The molecule has 0 bridgehead atoms. The summed E-state index contributed by atoms with van der Waals surface area (Å²) < 4.78 is 11.5. The van der Waals surface area contributed by atoms with Crippen molar-refractivity contribution in [3.8, 4) is 11.5 Å². The molecule has 1 aromatic carbocycles. The van der Waals surface area contributed by atoms with E-state index in [4.69, 9.17) is 9.47 Å². The number of nitrogens with zero attached hydrogens (tertiary/aromatic N) is 1. The number of hydrazone groups is 1. The van der Waals surface area contributed by atoms with Gasteiger partial charge in [0.15, 0.2) is 11.5 Å². The Balaban J connectivity index is 1.90. The summed E-state index contributed by atoms with van der Waals surface area (Å²) in [4.78, 5) is 11.7. The minimum Gasteiger partial charge on any atom is -0.493 e. The van der Waals surface area contributed by atoms with E-state index in [-0.39, 0.29) is 12.0 Å². The van der Waals surface area contributed by atoms with Crippen molar-refractivity contribution in [3.63, 3.8) is 0 Å². The lowest BCUT2D eigenvalue weighted by Gasteiger charge is -2.28. The molecule has 1 aliphatic heterocycles. The summed E-state index contributed by atoms with van der Waals surface area (Å²) in [5, 5.41) is 3.97. The molecule has 1 atom stereocenters. The Kier molecular flexibility index (Phi) is 4.05. The van der Waals surface area contributed by atoms with Crippen LogP contribution in [0.15, 0.2) is 23.3 Å². The fourth-order valence-corrected chi connectivity index (χ4v) is 3.15. The van der Waals surface area contributed by atoms with Crippen molar-refractivity contribution in [2.75, 3.05) is 7.11 Å². The molecule has 2 aliphatic rings. The number of nitrogens with one attached hydrogen (secondary N) is 1. The molecular formula is C17H22N2O3. The van der Waals surface area contributed by atoms with E-state index in [1.165, 1.54) is 12.8 Å². The summed E-state index contributed by atoms with van der Waals surface area (Å²) in [7, 11) is 1.65. The molecule has 118 valence electrons. The zero-order valence-corrected chi connectivity index (χ0v) is 13.1. The zero-order valence-electron chi connectivity index (χ0n) is 13.1. The van der Waals surface area contributed by atoms with Crippen LogP contribution in [-0.4, -0.2) is 25.3 Å². The van der Waals surface area contributed by atoms with Crippen LogP contribution in [0.1, 0.15) is 44.6 Å². The molecule has 5 heteroatoms. The van der Waals surface area contributed by atoms with Crippen LogP contribution in [0.4, 0.5) is 0 Å². The van der Waals surface area contributed by atoms with Crippen molar-refractivity contribution in [3.05, 3.63) is 23.8 Å². The van der Waals surface area contributed by atoms with Crippen LogP contribution in [0, 0.1) is 0 Å². The van der Waals surface area contributed by atoms with E-state index >= 15 is 0 Å². The topological polar surface area (TPSA) is 59.9 Å². The smallest absolute Gasteiger partial charge is 0.241 e. The number of rotatable bonds is 4. The molecule has 0 aromatic heterocycles. The van der Waals surface area contributed by atoms with Crippen molar-refractivity contribution in [1.29, 1.82) is 0 Å². The first-order valence-electron chi connectivity index (χ1n) is 7.79. The average Bonchev–Trinajstić information content (AvgIpc) is 3.00. The van der Waals surface area contributed by atoms with Gasteiger partial charge in [0.05, 0.1) is 13.2 Å². The summed E-state index contributed by atoms with van der Waals surface area (Å²) in [6.07, 6.45) is 7.05. The maximum atomic E-state index is 11.7. The second kappa shape index (κ2) is 5.99. The Morgan fingerprint density at radius 1 is 1.27 bits per heavy atom. The lowest BCUT2D eigenvalue weighted by Crippen LogP contribution is -2.37. The van der Waals surface area contributed by atoms with E-state index in [9.17, 15) is 4.79 Å². The molecule has 0 spiro atoms. The standard InChI is InChI=1S/C17H22N2O3/c1-17(10-16(20)19-18-11-17)12-7-8-14(21-2)15(9-12)22-13-5-3-4-6-13/h7-9,11,13H,3-6,10H2,1-2H3,(H,19,20). The summed E-state index contributed by atoms with van der Waals surface area (Å²) in [6.45, 7) is 2.01. The number of amides is 1. The first kappa shape index (κ1) is 14.9. The third-order valence-electron chi connectivity index (χ3n) is 4.49. The van der Waals surface area contributed by atoms with Gasteiger partial charge in [0.1, 0.15) is 0 Å². The van der Waals surface area contributed by atoms with Crippen molar-refractivity contribution in [1.82, 2.24) is 5.43 Å². The van der Waals surface area contributed by atoms with E-state index in [2.05, 4.69) is 10.5 Å². The summed E-state index contributed by atoms with van der Waals surface area (Å²) in [6, 6.07) is 5.87. The van der Waals surface area contributed by atoms with Gasteiger partial charge in [-0.3, -0.25) is 4.79 Å². The van der Waals surface area contributed by atoms with Gasteiger partial charge < -0.3 is 9.47 Å². The highest BCUT2D eigenvalue weighted by atomic mass is 16.5. The van der Waals surface area contributed by atoms with E-state index < -0.39 is 5.41 Å². The van der Waals surface area contributed by atoms with Crippen molar-refractivity contribution in [2.45, 2.75) is 50.5 Å². The molecule has 3 rings (SSSR count). The molecule has 1 heterocycles. The van der Waals surface area contributed by atoms with Crippen LogP contribution in [0.3, 0.4) is 0 Å². The molecule has 1 aliphatic carbocycles. The van der Waals surface area contributed by atoms with Gasteiger partial charge in [0.25, 0.3) is 0 Å². The molecule has 0 saturated heterocycles. The van der Waals surface area contributed by atoms with E-state index in [1.54, 1.807) is 13.3 Å². The van der Waals surface area contributed by atoms with Crippen molar-refractivity contribution >= 4 is 12.1 Å². The largest absolute Gasteiger partial charge is 0.493 e. The fourth-order valence-electron chi connectivity index (χ4n) is 3.15. The van der Waals surface area contributed by atoms with Crippen LogP contribution >= 0.6 is 0 Å². The zero-order chi connectivity index (χ0) is 15.6. The quantitative estimate of drug-likeness (QED) is 0.930. The molecule has 5 nitrogen and oxygen atoms in total. The lowest BCUT2D eigenvalue weighted by atomic mass is 9.79. The molecule has 1 amide bonds. The van der Waals surface area contributed by atoms with Gasteiger partial charge >= 0.3 is 0 Å². The van der Waals surface area contributed by atoms with Crippen LogP contribution in [0.25, 0.3) is 0 Å². The van der Waals surface area contributed by atoms with Crippen molar-refractivity contribution < 1.29 is 14.3 Å². The summed E-state index contributed by atoms with van der Waals surface area (Å²) in [5.74, 6) is 1.42. The molecule has 1 aromatic rings. The molecule has 1 fully saturated rings. The predicted molar refractivity (Wildman–Crippen MR) is 84.5 cm³/mol. The molecule has 1 N–H and O–H groups in total. The third-order valence-corrected chi connectivity index (χ3v) is 4.49. The van der Waals surface area contributed by atoms with Crippen LogP contribution in [0.5, 0.6) is 11.5 Å². The van der Waals surface area contributed by atoms with Gasteiger partial charge in [-0.05, 0) is 50.3 Å². The highest BCUT2D eigenvalue weighted by Gasteiger charge is 2.32. The maximum Gasteiger partial charge on any atom is 0.241 e. The lowest BCUT2D eigenvalue weighted by molar-refractivity contribution is -0.122. The monoisotopic (exact) mass is 302 g/mol. The molecular weight excluding hydrogens is 280 g/mol. The number of benzene rings is 1. The minimum atomic E-state index is -0.414. The number of carbonyl (C=O) groups is 1. The second-order valence-corrected chi connectivity index (χ2v) is 6.28. The predicted octanol–water partition coefficient (Wildman–Crippen LogP) is 2.78. The van der Waals surface area contributed by atoms with Gasteiger partial charge in [-0.1, -0.05) is 6.07 Å². The number of ether oxygens (including phenoxy) is 2. The number of hydrogen-bond acceptors (Lipinski definition) is 4. The first-order chi connectivity index (χ1) is 10.6. The Hall–Kier alpha value is -2.04. The van der Waals surface area contributed by atoms with Crippen molar-refractivity contribution in [2.24, 2.45) is 5.10 Å². The van der Waals surface area contributed by atoms with E-state index in [1.807, 2.05) is 25.1 Å². The minimum absolute atomic E-state index is 0.0703. The highest BCUT2D eigenvalue weighted by molar-refractivity contribution is 5.89. The van der Waals surface area contributed by atoms with Crippen LogP contribution in [0.2, 0.25) is 0 Å². The molecule has 0 radical (unpaired) electrons. The molecule has 1 saturated carbocycles. The van der Waals surface area contributed by atoms with Gasteiger partial charge in [0.2, 0.25) is 5.91 Å². The molecule has 1 unspecified atom stereocenters. The van der Waals surface area contributed by atoms with E-state index in [0.29, 0.717) is 6.42 Å². The first-order valence-corrected chi connectivity index (χ1v) is 7.79. The Labute approximate surface area is 130 Å². The Morgan fingerprint density at radius 3 is 2.73 bits per heavy atom. The van der Waals surface area contributed by atoms with Crippen LogP contribution < -0.4 is 14.9 Å². The Bertz CT molecular complexity index is 594. The maximum absolute atomic E-state index is 11.7. The average molecular weight is 302 g/mol. The van der Waals surface area contributed by atoms with E-state index in [0.717, 1.165) is 29.9 Å². The SMILES string of the molecule is COc1ccc(C2(C)C=NNC(=O)C2)cc1OC1CCCC1. The van der Waals surface area contributed by atoms with Gasteiger partial charge in [-0.2, -0.15) is 5.10 Å². The second-order valence-electron chi connectivity index (χ2n) is 6.28. The number of carbonyl (C=O) groups excluding carboxylic acids is 1. The Morgan fingerprint density at radius 2 is 2.05 bits per heavy atom. The molecule has 22 heavy (non-hydrogen) atoms.